The molecule has 4 aromatic carbocycles. The van der Waals surface area contributed by atoms with Gasteiger partial charge in [0.15, 0.2) is 0 Å². The zero-order chi connectivity index (χ0) is 15.6. The van der Waals surface area contributed by atoms with Crippen LogP contribution in [0.1, 0.15) is 5.56 Å². The quantitative estimate of drug-likeness (QED) is 0.272. The summed E-state index contributed by atoms with van der Waals surface area (Å²) in [5.41, 5.74) is 1.42. The molecular weight excluding hydrogens is 364 g/mol. The van der Waals surface area contributed by atoms with Crippen LogP contribution >= 0.6 is 27.7 Å². The molecular formula is C21H15BrS. The minimum atomic E-state index is 0.976. The molecule has 23 heavy (non-hydrogen) atoms. The average molecular weight is 379 g/mol. The third-order valence-corrected chi connectivity index (χ3v) is 5.65. The molecule has 0 saturated heterocycles. The molecule has 0 saturated carbocycles. The van der Waals surface area contributed by atoms with Gasteiger partial charge in [-0.1, -0.05) is 64.5 Å². The number of halogens is 1. The lowest BCUT2D eigenvalue weighted by Crippen LogP contribution is -1.88. The Morgan fingerprint density at radius 3 is 1.87 bits per heavy atom. The van der Waals surface area contributed by atoms with Crippen molar-refractivity contribution in [3.8, 4) is 0 Å². The summed E-state index contributed by atoms with van der Waals surface area (Å²) >= 11 is 5.39. The smallest absolute Gasteiger partial charge is 0.0244 e. The van der Waals surface area contributed by atoms with Crippen LogP contribution < -0.4 is 0 Å². The van der Waals surface area contributed by atoms with E-state index in [1.807, 2.05) is 11.8 Å². The Bertz CT molecular complexity index is 920. The first-order chi connectivity index (χ1) is 11.3. The Kier molecular flexibility index (Phi) is 4.11. The van der Waals surface area contributed by atoms with Crippen molar-refractivity contribution in [2.24, 2.45) is 0 Å². The molecule has 0 bridgehead atoms. The molecule has 0 nitrogen and oxygen atoms in total. The first-order valence-electron chi connectivity index (χ1n) is 7.59. The average Bonchev–Trinajstić information content (AvgIpc) is 2.60. The van der Waals surface area contributed by atoms with Crippen molar-refractivity contribution in [3.05, 3.63) is 88.9 Å². The molecule has 0 unspecified atom stereocenters. The Balaban J connectivity index is 1.81. The predicted molar refractivity (Wildman–Crippen MR) is 105 cm³/mol. The second-order valence-corrected chi connectivity index (χ2v) is 7.50. The Labute approximate surface area is 148 Å². The van der Waals surface area contributed by atoms with Crippen LogP contribution in [0.25, 0.3) is 21.5 Å². The second kappa shape index (κ2) is 6.38. The van der Waals surface area contributed by atoms with E-state index in [1.165, 1.54) is 32.0 Å². The second-order valence-electron chi connectivity index (χ2n) is 5.54. The number of hydrogen-bond donors (Lipinski definition) is 0. The van der Waals surface area contributed by atoms with Gasteiger partial charge < -0.3 is 0 Å². The summed E-state index contributed by atoms with van der Waals surface area (Å²) in [4.78, 5) is 1.30. The van der Waals surface area contributed by atoms with Crippen LogP contribution in [0.5, 0.6) is 0 Å². The van der Waals surface area contributed by atoms with Gasteiger partial charge in [-0.3, -0.25) is 0 Å². The highest BCUT2D eigenvalue weighted by molar-refractivity contribution is 9.10. The molecule has 2 heteroatoms. The van der Waals surface area contributed by atoms with Crippen molar-refractivity contribution >= 4 is 49.2 Å². The van der Waals surface area contributed by atoms with E-state index in [4.69, 9.17) is 0 Å². The SMILES string of the molecule is Brc1ccc(SCc2c3ccccc3cc3ccccc23)cc1. The van der Waals surface area contributed by atoms with Crippen molar-refractivity contribution in [3.63, 3.8) is 0 Å². The first-order valence-corrected chi connectivity index (χ1v) is 9.37. The highest BCUT2D eigenvalue weighted by atomic mass is 79.9. The van der Waals surface area contributed by atoms with Gasteiger partial charge in [0.05, 0.1) is 0 Å². The number of rotatable bonds is 3. The maximum Gasteiger partial charge on any atom is 0.0244 e. The van der Waals surface area contributed by atoms with Crippen molar-refractivity contribution in [1.82, 2.24) is 0 Å². The first kappa shape index (κ1) is 14.8. The molecule has 0 heterocycles. The maximum atomic E-state index is 3.50. The van der Waals surface area contributed by atoms with Crippen LogP contribution in [0.3, 0.4) is 0 Å². The van der Waals surface area contributed by atoms with Crippen LogP contribution in [0.2, 0.25) is 0 Å². The number of benzene rings is 4. The molecule has 112 valence electrons. The lowest BCUT2D eigenvalue weighted by atomic mass is 9.98. The van der Waals surface area contributed by atoms with E-state index in [0.717, 1.165) is 10.2 Å². The molecule has 4 rings (SSSR count). The van der Waals surface area contributed by atoms with Gasteiger partial charge >= 0.3 is 0 Å². The summed E-state index contributed by atoms with van der Waals surface area (Å²) in [5, 5.41) is 5.35. The van der Waals surface area contributed by atoms with Gasteiger partial charge in [0, 0.05) is 15.1 Å². The topological polar surface area (TPSA) is 0 Å². The summed E-state index contributed by atoms with van der Waals surface area (Å²) in [5.74, 6) is 0.976. The predicted octanol–water partition coefficient (Wildman–Crippen LogP) is 7.05. The summed E-state index contributed by atoms with van der Waals surface area (Å²) in [6.07, 6.45) is 0. The van der Waals surface area contributed by atoms with E-state index >= 15 is 0 Å². The minimum Gasteiger partial charge on any atom is -0.121 e. The zero-order valence-corrected chi connectivity index (χ0v) is 14.9. The maximum absolute atomic E-state index is 3.50. The normalized spacial score (nSPS) is 11.2. The molecule has 0 aliphatic rings. The molecule has 0 amide bonds. The third-order valence-electron chi connectivity index (χ3n) is 4.08. The third kappa shape index (κ3) is 3.01. The van der Waals surface area contributed by atoms with E-state index in [9.17, 15) is 0 Å². The molecule has 0 N–H and O–H groups in total. The number of hydrogen-bond acceptors (Lipinski definition) is 1. The van der Waals surface area contributed by atoms with Crippen molar-refractivity contribution < 1.29 is 0 Å². The highest BCUT2D eigenvalue weighted by Crippen LogP contribution is 2.33. The molecule has 0 radical (unpaired) electrons. The largest absolute Gasteiger partial charge is 0.121 e. The van der Waals surface area contributed by atoms with Crippen LogP contribution in [0.4, 0.5) is 0 Å². The van der Waals surface area contributed by atoms with Gasteiger partial charge in [-0.05, 0) is 57.4 Å². The van der Waals surface area contributed by atoms with Gasteiger partial charge in [0.2, 0.25) is 0 Å². The Morgan fingerprint density at radius 2 is 1.26 bits per heavy atom. The van der Waals surface area contributed by atoms with E-state index < -0.39 is 0 Å². The molecule has 0 fully saturated rings. The fourth-order valence-electron chi connectivity index (χ4n) is 2.95. The fourth-order valence-corrected chi connectivity index (χ4v) is 4.16. The zero-order valence-electron chi connectivity index (χ0n) is 12.5. The van der Waals surface area contributed by atoms with Crippen molar-refractivity contribution in [2.75, 3.05) is 0 Å². The summed E-state index contributed by atoms with van der Waals surface area (Å²) in [6.45, 7) is 0. The lowest BCUT2D eigenvalue weighted by molar-refractivity contribution is 1.41. The standard InChI is InChI=1S/C21H15BrS/c22-17-9-11-18(12-10-17)23-14-21-19-7-3-1-5-15(19)13-16-6-2-4-8-20(16)21/h1-13H,14H2. The molecule has 0 spiro atoms. The van der Waals surface area contributed by atoms with Crippen molar-refractivity contribution in [2.45, 2.75) is 10.6 Å². The van der Waals surface area contributed by atoms with Gasteiger partial charge in [0.25, 0.3) is 0 Å². The molecule has 0 aromatic heterocycles. The van der Waals surface area contributed by atoms with Gasteiger partial charge in [0.1, 0.15) is 0 Å². The van der Waals surface area contributed by atoms with Crippen molar-refractivity contribution in [1.29, 1.82) is 0 Å². The summed E-state index contributed by atoms with van der Waals surface area (Å²) in [7, 11) is 0. The molecule has 4 aromatic rings. The Hall–Kier alpha value is -1.77. The van der Waals surface area contributed by atoms with E-state index in [1.54, 1.807) is 0 Å². The molecule has 0 atom stereocenters. The van der Waals surface area contributed by atoms with E-state index in [0.29, 0.717) is 0 Å². The van der Waals surface area contributed by atoms with Gasteiger partial charge in [-0.2, -0.15) is 0 Å². The Morgan fingerprint density at radius 1 is 0.696 bits per heavy atom. The van der Waals surface area contributed by atoms with Crippen LogP contribution in [-0.4, -0.2) is 0 Å². The van der Waals surface area contributed by atoms with Gasteiger partial charge in [-0.15, -0.1) is 11.8 Å². The van der Waals surface area contributed by atoms with Gasteiger partial charge in [-0.25, -0.2) is 0 Å². The fraction of sp³-hybridized carbons (Fsp3) is 0.0476. The molecule has 0 aliphatic heterocycles. The van der Waals surface area contributed by atoms with E-state index in [-0.39, 0.29) is 0 Å². The number of fused-ring (bicyclic) bond motifs is 2. The molecule has 0 aliphatic carbocycles. The van der Waals surface area contributed by atoms with Crippen LogP contribution in [0, 0.1) is 0 Å². The highest BCUT2D eigenvalue weighted by Gasteiger charge is 2.08. The summed E-state index contributed by atoms with van der Waals surface area (Å²) < 4.78 is 1.12. The number of thioether (sulfide) groups is 1. The summed E-state index contributed by atoms with van der Waals surface area (Å²) in [6, 6.07) is 28.2. The van der Waals surface area contributed by atoms with Crippen LogP contribution in [-0.2, 0) is 5.75 Å². The monoisotopic (exact) mass is 378 g/mol. The van der Waals surface area contributed by atoms with Crippen LogP contribution in [0.15, 0.2) is 88.2 Å². The van der Waals surface area contributed by atoms with E-state index in [2.05, 4.69) is 94.8 Å². The minimum absolute atomic E-state index is 0.976. The lowest BCUT2D eigenvalue weighted by Gasteiger charge is -2.11.